The molecule has 3 heterocycles. The second kappa shape index (κ2) is 9.74. The standard InChI is InChI=1S/C17H27N5O2S/c1-2-18-16(19-5-3-7-23-12-14-4-8-24-13-14)20-10-15-11-22-6-9-25-17(22)21-15/h6,9,11,14H,2-5,7-8,10,12-13H2,1H3,(H2,18,19,20). The fraction of sp³-hybridized carbons (Fsp3) is 0.647. The lowest BCUT2D eigenvalue weighted by Gasteiger charge is -2.12. The molecular weight excluding hydrogens is 338 g/mol. The highest BCUT2D eigenvalue weighted by atomic mass is 32.1. The molecule has 1 aliphatic heterocycles. The molecule has 0 spiro atoms. The zero-order chi connectivity index (χ0) is 17.3. The van der Waals surface area contributed by atoms with Crippen molar-refractivity contribution in [2.75, 3.05) is 39.5 Å². The summed E-state index contributed by atoms with van der Waals surface area (Å²) in [5.74, 6) is 1.40. The van der Waals surface area contributed by atoms with E-state index in [4.69, 9.17) is 9.47 Å². The molecule has 0 aromatic carbocycles. The maximum Gasteiger partial charge on any atom is 0.193 e. The molecule has 8 heteroatoms. The van der Waals surface area contributed by atoms with Crippen LogP contribution in [0.1, 0.15) is 25.5 Å². The lowest BCUT2D eigenvalue weighted by molar-refractivity contribution is 0.0888. The van der Waals surface area contributed by atoms with Gasteiger partial charge in [-0.1, -0.05) is 0 Å². The number of nitrogens with one attached hydrogen (secondary N) is 2. The average Bonchev–Trinajstić information content (AvgIpc) is 3.32. The molecule has 25 heavy (non-hydrogen) atoms. The Morgan fingerprint density at radius 2 is 2.48 bits per heavy atom. The van der Waals surface area contributed by atoms with Gasteiger partial charge in [0.2, 0.25) is 0 Å². The predicted octanol–water partition coefficient (Wildman–Crippen LogP) is 1.89. The van der Waals surface area contributed by atoms with Crippen LogP contribution in [-0.2, 0) is 16.0 Å². The third-order valence-corrected chi connectivity index (χ3v) is 4.79. The van der Waals surface area contributed by atoms with Gasteiger partial charge in [-0.05, 0) is 19.8 Å². The first-order valence-corrected chi connectivity index (χ1v) is 9.82. The number of thiazole rings is 1. The van der Waals surface area contributed by atoms with Crippen molar-refractivity contribution in [3.8, 4) is 0 Å². The van der Waals surface area contributed by atoms with Gasteiger partial charge in [0.15, 0.2) is 10.9 Å². The number of imidazole rings is 1. The van der Waals surface area contributed by atoms with Gasteiger partial charge in [0.1, 0.15) is 0 Å². The van der Waals surface area contributed by atoms with Crippen molar-refractivity contribution in [1.82, 2.24) is 20.0 Å². The fourth-order valence-corrected chi connectivity index (χ4v) is 3.42. The van der Waals surface area contributed by atoms with E-state index in [1.54, 1.807) is 11.3 Å². The van der Waals surface area contributed by atoms with Gasteiger partial charge in [-0.2, -0.15) is 0 Å². The normalized spacial score (nSPS) is 18.1. The summed E-state index contributed by atoms with van der Waals surface area (Å²) in [6.45, 7) is 7.62. The van der Waals surface area contributed by atoms with Crippen molar-refractivity contribution < 1.29 is 9.47 Å². The number of rotatable bonds is 9. The summed E-state index contributed by atoms with van der Waals surface area (Å²) in [5, 5.41) is 8.65. The molecule has 1 saturated heterocycles. The Bertz CT molecular complexity index is 634. The van der Waals surface area contributed by atoms with E-state index in [2.05, 4.69) is 27.5 Å². The molecule has 0 aliphatic carbocycles. The Labute approximate surface area is 152 Å². The molecule has 2 aromatic rings. The van der Waals surface area contributed by atoms with Gasteiger partial charge in [0.25, 0.3) is 0 Å². The number of hydrogen-bond donors (Lipinski definition) is 2. The van der Waals surface area contributed by atoms with Crippen molar-refractivity contribution in [2.24, 2.45) is 10.9 Å². The minimum Gasteiger partial charge on any atom is -0.381 e. The molecular formula is C17H27N5O2S. The topological polar surface area (TPSA) is 72.2 Å². The molecule has 1 unspecified atom stereocenters. The summed E-state index contributed by atoms with van der Waals surface area (Å²) in [6, 6.07) is 0. The van der Waals surface area contributed by atoms with Crippen molar-refractivity contribution in [3.63, 3.8) is 0 Å². The number of aliphatic imine (C=N–C) groups is 1. The van der Waals surface area contributed by atoms with Crippen LogP contribution in [0.25, 0.3) is 4.96 Å². The van der Waals surface area contributed by atoms with Gasteiger partial charge in [-0.15, -0.1) is 11.3 Å². The highest BCUT2D eigenvalue weighted by Gasteiger charge is 2.15. The largest absolute Gasteiger partial charge is 0.381 e. The fourth-order valence-electron chi connectivity index (χ4n) is 2.70. The number of nitrogens with zero attached hydrogens (tertiary/aromatic N) is 3. The first-order valence-electron chi connectivity index (χ1n) is 8.94. The van der Waals surface area contributed by atoms with E-state index >= 15 is 0 Å². The molecule has 1 atom stereocenters. The number of fused-ring (bicyclic) bond motifs is 1. The summed E-state index contributed by atoms with van der Waals surface area (Å²) in [7, 11) is 0. The zero-order valence-corrected chi connectivity index (χ0v) is 15.6. The molecule has 138 valence electrons. The van der Waals surface area contributed by atoms with Crippen LogP contribution in [0.15, 0.2) is 22.8 Å². The molecule has 2 N–H and O–H groups in total. The highest BCUT2D eigenvalue weighted by Crippen LogP contribution is 2.12. The van der Waals surface area contributed by atoms with Crippen LogP contribution in [0.4, 0.5) is 0 Å². The lowest BCUT2D eigenvalue weighted by atomic mass is 10.1. The Morgan fingerprint density at radius 1 is 1.52 bits per heavy atom. The van der Waals surface area contributed by atoms with Crippen LogP contribution in [-0.4, -0.2) is 54.9 Å². The first-order chi connectivity index (χ1) is 12.3. The van der Waals surface area contributed by atoms with Crippen LogP contribution < -0.4 is 10.6 Å². The van der Waals surface area contributed by atoms with Gasteiger partial charge in [0, 0.05) is 50.0 Å². The van der Waals surface area contributed by atoms with E-state index in [-0.39, 0.29) is 0 Å². The van der Waals surface area contributed by atoms with E-state index in [1.165, 1.54) is 0 Å². The highest BCUT2D eigenvalue weighted by molar-refractivity contribution is 7.15. The van der Waals surface area contributed by atoms with Crippen LogP contribution in [0.3, 0.4) is 0 Å². The number of guanidine groups is 1. The Morgan fingerprint density at radius 3 is 3.28 bits per heavy atom. The van der Waals surface area contributed by atoms with Gasteiger partial charge in [-0.3, -0.25) is 4.40 Å². The van der Waals surface area contributed by atoms with Crippen LogP contribution in [0, 0.1) is 5.92 Å². The second-order valence-electron chi connectivity index (χ2n) is 6.11. The van der Waals surface area contributed by atoms with Crippen molar-refractivity contribution in [1.29, 1.82) is 0 Å². The molecule has 7 nitrogen and oxygen atoms in total. The summed E-state index contributed by atoms with van der Waals surface area (Å²) in [6.07, 6.45) is 6.13. The van der Waals surface area contributed by atoms with Crippen LogP contribution >= 0.6 is 11.3 Å². The lowest BCUT2D eigenvalue weighted by Crippen LogP contribution is -2.38. The summed E-state index contributed by atoms with van der Waals surface area (Å²) in [4.78, 5) is 10.2. The number of aromatic nitrogens is 2. The van der Waals surface area contributed by atoms with E-state index in [0.717, 1.165) is 69.0 Å². The second-order valence-corrected chi connectivity index (χ2v) is 6.98. The molecule has 0 amide bonds. The van der Waals surface area contributed by atoms with Gasteiger partial charge >= 0.3 is 0 Å². The zero-order valence-electron chi connectivity index (χ0n) is 14.7. The summed E-state index contributed by atoms with van der Waals surface area (Å²) >= 11 is 1.63. The third-order valence-electron chi connectivity index (χ3n) is 4.02. The van der Waals surface area contributed by atoms with E-state index < -0.39 is 0 Å². The first kappa shape index (κ1) is 18.2. The number of ether oxygens (including phenoxy) is 2. The molecule has 0 radical (unpaired) electrons. The average molecular weight is 366 g/mol. The third kappa shape index (κ3) is 5.69. The van der Waals surface area contributed by atoms with E-state index in [0.29, 0.717) is 12.5 Å². The number of hydrogen-bond acceptors (Lipinski definition) is 5. The molecule has 3 rings (SSSR count). The smallest absolute Gasteiger partial charge is 0.193 e. The molecule has 1 aliphatic rings. The molecule has 0 bridgehead atoms. The minimum atomic E-state index is 0.571. The molecule has 0 saturated carbocycles. The van der Waals surface area contributed by atoms with Gasteiger partial charge < -0.3 is 20.1 Å². The van der Waals surface area contributed by atoms with Gasteiger partial charge in [0.05, 0.1) is 25.5 Å². The quantitative estimate of drug-likeness (QED) is 0.403. The SMILES string of the molecule is CCNC(=NCc1cn2ccsc2n1)NCCCOCC1CCOC1. The van der Waals surface area contributed by atoms with Gasteiger partial charge in [-0.25, -0.2) is 9.98 Å². The molecule has 1 fully saturated rings. The monoisotopic (exact) mass is 365 g/mol. The van der Waals surface area contributed by atoms with Crippen molar-refractivity contribution >= 4 is 22.3 Å². The maximum absolute atomic E-state index is 5.72. The maximum atomic E-state index is 5.72. The van der Waals surface area contributed by atoms with E-state index in [1.807, 2.05) is 22.2 Å². The van der Waals surface area contributed by atoms with Crippen molar-refractivity contribution in [2.45, 2.75) is 26.3 Å². The van der Waals surface area contributed by atoms with Crippen LogP contribution in [0.2, 0.25) is 0 Å². The van der Waals surface area contributed by atoms with E-state index in [9.17, 15) is 0 Å². The predicted molar refractivity (Wildman–Crippen MR) is 100 cm³/mol. The summed E-state index contributed by atoms with van der Waals surface area (Å²) < 4.78 is 13.1. The Kier molecular flexibility index (Phi) is 7.08. The summed E-state index contributed by atoms with van der Waals surface area (Å²) in [5.41, 5.74) is 0.978. The Balaban J connectivity index is 1.35. The molecule has 2 aromatic heterocycles. The Hall–Kier alpha value is -1.64. The van der Waals surface area contributed by atoms with Crippen LogP contribution in [0.5, 0.6) is 0 Å². The van der Waals surface area contributed by atoms with Crippen molar-refractivity contribution in [3.05, 3.63) is 23.5 Å². The minimum absolute atomic E-state index is 0.571.